The van der Waals surface area contributed by atoms with Gasteiger partial charge in [-0.3, -0.25) is 0 Å². The van der Waals surface area contributed by atoms with Crippen LogP contribution in [0.25, 0.3) is 10.9 Å². The zero-order valence-electron chi connectivity index (χ0n) is 16.5. The highest BCUT2D eigenvalue weighted by molar-refractivity contribution is 6.30. The zero-order valence-corrected chi connectivity index (χ0v) is 17.2. The minimum Gasteiger partial charge on any atom is -0.493 e. The summed E-state index contributed by atoms with van der Waals surface area (Å²) in [5, 5.41) is 19.4. The van der Waals surface area contributed by atoms with Gasteiger partial charge in [0, 0.05) is 34.5 Å². The molecule has 1 aromatic carbocycles. The first-order valence-corrected chi connectivity index (χ1v) is 9.89. The molecular weight excluding hydrogens is 419 g/mol. The van der Waals surface area contributed by atoms with Crippen LogP contribution in [0.1, 0.15) is 37.1 Å². The van der Waals surface area contributed by atoms with E-state index in [-0.39, 0.29) is 5.69 Å². The number of hydrogen-bond donors (Lipinski definition) is 2. The average Bonchev–Trinajstić information content (AvgIpc) is 3.24. The Hall–Kier alpha value is -2.32. The molecule has 1 atom stereocenters. The second-order valence-corrected chi connectivity index (χ2v) is 8.90. The van der Waals surface area contributed by atoms with Gasteiger partial charge >= 0.3 is 6.18 Å². The van der Waals surface area contributed by atoms with Crippen LogP contribution in [-0.4, -0.2) is 38.7 Å². The number of fused-ring (bicyclic) bond motifs is 2. The minimum atomic E-state index is -4.85. The molecule has 3 aromatic rings. The summed E-state index contributed by atoms with van der Waals surface area (Å²) < 4.78 is 48.0. The van der Waals surface area contributed by atoms with Gasteiger partial charge in [-0.1, -0.05) is 25.4 Å². The Labute approximate surface area is 176 Å². The lowest BCUT2D eigenvalue weighted by Gasteiger charge is -2.38. The third-order valence-electron chi connectivity index (χ3n) is 5.61. The Kier molecular flexibility index (Phi) is 4.97. The van der Waals surface area contributed by atoms with Crippen molar-refractivity contribution in [2.24, 2.45) is 0 Å². The summed E-state index contributed by atoms with van der Waals surface area (Å²) in [4.78, 5) is 2.89. The fourth-order valence-corrected chi connectivity index (χ4v) is 4.46. The fraction of sp³-hybridized carbons (Fsp3) is 0.429. The molecular formula is C21H21ClF3N3O2. The standard InChI is InChI=1S/C21H21ClF3N3O2/c1-19(2,16-7-14(22)5-12-3-4-30-18(12)16)11-20(29,21(23,24)25)8-15-6-13-9-26-27-10-17(13)28-15/h5-7,9-10,28-29H,3-4,8,11H2,1-2H3. The van der Waals surface area contributed by atoms with Crippen molar-refractivity contribution in [1.82, 2.24) is 15.2 Å². The molecule has 0 saturated heterocycles. The number of rotatable bonds is 5. The highest BCUT2D eigenvalue weighted by atomic mass is 35.5. The van der Waals surface area contributed by atoms with E-state index in [4.69, 9.17) is 16.3 Å². The lowest BCUT2D eigenvalue weighted by atomic mass is 9.73. The van der Waals surface area contributed by atoms with Gasteiger partial charge in [0.1, 0.15) is 5.75 Å². The first kappa shape index (κ1) is 20.9. The van der Waals surface area contributed by atoms with Crippen molar-refractivity contribution in [1.29, 1.82) is 0 Å². The molecule has 1 aliphatic rings. The Bertz CT molecular complexity index is 1060. The van der Waals surface area contributed by atoms with Gasteiger partial charge in [-0.05, 0) is 35.6 Å². The summed E-state index contributed by atoms with van der Waals surface area (Å²) in [6.45, 7) is 3.78. The van der Waals surface area contributed by atoms with Crippen LogP contribution >= 0.6 is 11.6 Å². The molecule has 4 rings (SSSR count). The maximum atomic E-state index is 14.1. The molecule has 0 radical (unpaired) electrons. The number of ether oxygens (including phenoxy) is 1. The molecule has 9 heteroatoms. The molecule has 30 heavy (non-hydrogen) atoms. The molecule has 1 unspecified atom stereocenters. The van der Waals surface area contributed by atoms with Crippen LogP contribution in [0.3, 0.4) is 0 Å². The van der Waals surface area contributed by atoms with Gasteiger partial charge in [0.25, 0.3) is 0 Å². The smallest absolute Gasteiger partial charge is 0.417 e. The summed E-state index contributed by atoms with van der Waals surface area (Å²) in [5.41, 5.74) is -1.77. The number of nitrogens with one attached hydrogen (secondary N) is 1. The van der Waals surface area contributed by atoms with E-state index in [2.05, 4.69) is 15.2 Å². The normalized spacial score (nSPS) is 16.4. The number of benzene rings is 1. The topological polar surface area (TPSA) is 71.0 Å². The molecule has 3 heterocycles. The molecule has 5 nitrogen and oxygen atoms in total. The second-order valence-electron chi connectivity index (χ2n) is 8.46. The molecule has 0 aliphatic carbocycles. The molecule has 1 aliphatic heterocycles. The van der Waals surface area contributed by atoms with E-state index in [0.29, 0.717) is 40.3 Å². The Balaban J connectivity index is 1.71. The number of aliphatic hydroxyl groups is 1. The number of halogens is 4. The Morgan fingerprint density at radius 2 is 1.90 bits per heavy atom. The lowest BCUT2D eigenvalue weighted by Crippen LogP contribution is -2.51. The SMILES string of the molecule is CC(C)(CC(O)(Cc1cc2cnncc2[nH]1)C(F)(F)F)c1cc(Cl)cc2c1OCC2. The Morgan fingerprint density at radius 1 is 1.17 bits per heavy atom. The van der Waals surface area contributed by atoms with Crippen molar-refractivity contribution in [3.63, 3.8) is 0 Å². The van der Waals surface area contributed by atoms with Crippen LogP contribution in [0.5, 0.6) is 5.75 Å². The summed E-state index contributed by atoms with van der Waals surface area (Å²) >= 11 is 6.21. The van der Waals surface area contributed by atoms with Gasteiger partial charge in [-0.25, -0.2) is 0 Å². The predicted octanol–water partition coefficient (Wildman–Crippen LogP) is 4.75. The van der Waals surface area contributed by atoms with Crippen molar-refractivity contribution in [2.45, 2.75) is 50.3 Å². The number of nitrogens with zero attached hydrogens (tertiary/aromatic N) is 2. The average molecular weight is 440 g/mol. The number of hydrogen-bond acceptors (Lipinski definition) is 4. The van der Waals surface area contributed by atoms with Crippen molar-refractivity contribution in [2.75, 3.05) is 6.61 Å². The summed E-state index contributed by atoms with van der Waals surface area (Å²) in [6, 6.07) is 4.95. The van der Waals surface area contributed by atoms with Gasteiger partial charge < -0.3 is 14.8 Å². The van der Waals surface area contributed by atoms with E-state index in [1.807, 2.05) is 0 Å². The van der Waals surface area contributed by atoms with E-state index >= 15 is 0 Å². The molecule has 160 valence electrons. The quantitative estimate of drug-likeness (QED) is 0.602. The van der Waals surface area contributed by atoms with Crippen LogP contribution in [0, 0.1) is 0 Å². The predicted molar refractivity (Wildman–Crippen MR) is 107 cm³/mol. The highest BCUT2D eigenvalue weighted by Crippen LogP contribution is 2.47. The molecule has 0 spiro atoms. The maximum absolute atomic E-state index is 14.1. The van der Waals surface area contributed by atoms with Crippen LogP contribution < -0.4 is 4.74 Å². The minimum absolute atomic E-state index is 0.253. The number of aromatic amines is 1. The van der Waals surface area contributed by atoms with Crippen molar-refractivity contribution < 1.29 is 23.0 Å². The van der Waals surface area contributed by atoms with Crippen LogP contribution in [0.15, 0.2) is 30.6 Å². The maximum Gasteiger partial charge on any atom is 0.417 e. The van der Waals surface area contributed by atoms with E-state index in [9.17, 15) is 18.3 Å². The first-order valence-electron chi connectivity index (χ1n) is 9.52. The zero-order chi connectivity index (χ0) is 21.7. The number of H-pyrrole nitrogens is 1. The van der Waals surface area contributed by atoms with Gasteiger partial charge in [0.15, 0.2) is 5.60 Å². The van der Waals surface area contributed by atoms with Crippen LogP contribution in [-0.2, 0) is 18.3 Å². The third-order valence-corrected chi connectivity index (χ3v) is 5.83. The highest BCUT2D eigenvalue weighted by Gasteiger charge is 2.56. The van der Waals surface area contributed by atoms with Gasteiger partial charge in [-0.2, -0.15) is 23.4 Å². The van der Waals surface area contributed by atoms with Crippen molar-refractivity contribution in [3.8, 4) is 5.75 Å². The number of aromatic nitrogens is 3. The summed E-state index contributed by atoms with van der Waals surface area (Å²) in [6.07, 6.45) is -2.50. The van der Waals surface area contributed by atoms with Crippen LogP contribution in [0.4, 0.5) is 13.2 Å². The van der Waals surface area contributed by atoms with E-state index < -0.39 is 30.0 Å². The van der Waals surface area contributed by atoms with Crippen molar-refractivity contribution in [3.05, 3.63) is 52.4 Å². The molecule has 0 amide bonds. The fourth-order valence-electron chi connectivity index (χ4n) is 4.22. The molecule has 2 N–H and O–H groups in total. The van der Waals surface area contributed by atoms with Crippen LogP contribution in [0.2, 0.25) is 5.02 Å². The van der Waals surface area contributed by atoms with Gasteiger partial charge in [0.05, 0.1) is 24.5 Å². The summed E-state index contributed by atoms with van der Waals surface area (Å²) in [7, 11) is 0. The number of alkyl halides is 3. The van der Waals surface area contributed by atoms with Gasteiger partial charge in [0.2, 0.25) is 0 Å². The largest absolute Gasteiger partial charge is 0.493 e. The molecule has 0 saturated carbocycles. The second kappa shape index (κ2) is 7.13. The summed E-state index contributed by atoms with van der Waals surface area (Å²) in [5.74, 6) is 0.566. The molecule has 0 bridgehead atoms. The molecule has 2 aromatic heterocycles. The van der Waals surface area contributed by atoms with E-state index in [1.54, 1.807) is 32.0 Å². The first-order chi connectivity index (χ1) is 14.0. The van der Waals surface area contributed by atoms with Crippen molar-refractivity contribution >= 4 is 22.5 Å². The molecule has 0 fully saturated rings. The Morgan fingerprint density at radius 3 is 2.60 bits per heavy atom. The van der Waals surface area contributed by atoms with E-state index in [0.717, 1.165) is 5.56 Å². The van der Waals surface area contributed by atoms with Gasteiger partial charge in [-0.15, -0.1) is 0 Å². The third kappa shape index (κ3) is 3.74. The monoisotopic (exact) mass is 439 g/mol. The van der Waals surface area contributed by atoms with E-state index in [1.165, 1.54) is 12.4 Å². The lowest BCUT2D eigenvalue weighted by molar-refractivity contribution is -0.266.